The molecular weight excluding hydrogens is 288 g/mol. The van der Waals surface area contributed by atoms with Gasteiger partial charge in [-0.15, -0.1) is 0 Å². The molecule has 0 N–H and O–H groups in total. The van der Waals surface area contributed by atoms with Gasteiger partial charge in [0.15, 0.2) is 0 Å². The minimum atomic E-state index is 0.0170. The highest BCUT2D eigenvalue weighted by Crippen LogP contribution is 2.53. The number of carbonyl (C=O) groups excluding carboxylic acids is 2. The minimum absolute atomic E-state index is 0.0170. The van der Waals surface area contributed by atoms with Gasteiger partial charge >= 0.3 is 0 Å². The van der Waals surface area contributed by atoms with Crippen LogP contribution < -0.4 is 0 Å². The van der Waals surface area contributed by atoms with Crippen LogP contribution >= 0.6 is 0 Å². The summed E-state index contributed by atoms with van der Waals surface area (Å²) in [6.07, 6.45) is 15.4. The van der Waals surface area contributed by atoms with Gasteiger partial charge in [-0.05, 0) is 42.9 Å². The summed E-state index contributed by atoms with van der Waals surface area (Å²) in [5, 5.41) is 0. The first kappa shape index (κ1) is 17.8. The molecule has 6 atom stereocenters. The van der Waals surface area contributed by atoms with Gasteiger partial charge in [-0.3, -0.25) is 0 Å². The van der Waals surface area contributed by atoms with Crippen LogP contribution in [0.1, 0.15) is 58.8 Å². The number of isocyanates is 2. The Morgan fingerprint density at radius 3 is 1.70 bits per heavy atom. The fourth-order valence-corrected chi connectivity index (χ4v) is 4.63. The van der Waals surface area contributed by atoms with Gasteiger partial charge in [0, 0.05) is 0 Å². The summed E-state index contributed by atoms with van der Waals surface area (Å²) in [6, 6.07) is 0.0340. The van der Waals surface area contributed by atoms with Crippen LogP contribution in [0.3, 0.4) is 0 Å². The molecule has 126 valence electrons. The summed E-state index contributed by atoms with van der Waals surface area (Å²) < 4.78 is 0. The highest BCUT2D eigenvalue weighted by molar-refractivity contribution is 5.35. The van der Waals surface area contributed by atoms with E-state index in [4.69, 9.17) is 0 Å². The molecule has 2 aliphatic carbocycles. The first-order valence-corrected chi connectivity index (χ1v) is 9.09. The molecule has 1 saturated carbocycles. The maximum absolute atomic E-state index is 10.9. The van der Waals surface area contributed by atoms with Gasteiger partial charge in [-0.25, -0.2) is 19.6 Å². The third-order valence-corrected chi connectivity index (χ3v) is 5.62. The van der Waals surface area contributed by atoms with Crippen LogP contribution in [-0.2, 0) is 9.59 Å². The number of rotatable bonds is 10. The minimum Gasteiger partial charge on any atom is -0.211 e. The maximum atomic E-state index is 10.9. The van der Waals surface area contributed by atoms with E-state index in [1.807, 2.05) is 0 Å². The molecule has 2 rings (SSSR count). The topological polar surface area (TPSA) is 58.9 Å². The maximum Gasteiger partial charge on any atom is 0.235 e. The van der Waals surface area contributed by atoms with E-state index in [2.05, 4.69) is 36.0 Å². The zero-order chi connectivity index (χ0) is 16.7. The summed E-state index contributed by atoms with van der Waals surface area (Å²) >= 11 is 0. The number of aliphatic imine (C=N–C) groups is 2. The quantitative estimate of drug-likeness (QED) is 0.344. The Labute approximate surface area is 139 Å². The summed E-state index contributed by atoms with van der Waals surface area (Å²) in [7, 11) is 0. The van der Waals surface area contributed by atoms with E-state index in [-0.39, 0.29) is 12.1 Å². The van der Waals surface area contributed by atoms with E-state index in [9.17, 15) is 9.59 Å². The van der Waals surface area contributed by atoms with Gasteiger partial charge in [0.1, 0.15) is 0 Å². The van der Waals surface area contributed by atoms with Crippen molar-refractivity contribution in [2.24, 2.45) is 33.7 Å². The van der Waals surface area contributed by atoms with Gasteiger partial charge in [-0.1, -0.05) is 51.7 Å². The summed E-state index contributed by atoms with van der Waals surface area (Å²) in [5.74, 6) is 1.57. The second-order valence-electron chi connectivity index (χ2n) is 6.96. The smallest absolute Gasteiger partial charge is 0.211 e. The monoisotopic (exact) mass is 316 g/mol. The standard InChI is InChI=1S/C19H28N2O2/c1-3-5-7-16(20-12-22)18-14-9-10-15(11-14)19(18)17(21-13-23)8-6-4-2/h9-10,14-19H,3-8,11H2,1-2H3. The molecule has 23 heavy (non-hydrogen) atoms. The molecular formula is C19H28N2O2. The van der Waals surface area contributed by atoms with Crippen molar-refractivity contribution in [3.8, 4) is 0 Å². The van der Waals surface area contributed by atoms with E-state index < -0.39 is 0 Å². The first-order chi connectivity index (χ1) is 11.3. The van der Waals surface area contributed by atoms with Crippen molar-refractivity contribution < 1.29 is 9.59 Å². The Morgan fingerprint density at radius 1 is 0.913 bits per heavy atom. The lowest BCUT2D eigenvalue weighted by molar-refractivity contribution is 0.209. The number of allylic oxidation sites excluding steroid dienone is 2. The van der Waals surface area contributed by atoms with Gasteiger partial charge in [0.2, 0.25) is 12.2 Å². The van der Waals surface area contributed by atoms with Crippen molar-refractivity contribution in [3.63, 3.8) is 0 Å². The Hall–Kier alpha value is -1.50. The zero-order valence-corrected chi connectivity index (χ0v) is 14.3. The van der Waals surface area contributed by atoms with Crippen molar-refractivity contribution in [1.29, 1.82) is 0 Å². The number of hydrogen-bond donors (Lipinski definition) is 0. The van der Waals surface area contributed by atoms with Crippen molar-refractivity contribution in [3.05, 3.63) is 12.2 Å². The van der Waals surface area contributed by atoms with Crippen LogP contribution in [0.25, 0.3) is 0 Å². The van der Waals surface area contributed by atoms with Crippen LogP contribution in [0.2, 0.25) is 0 Å². The molecule has 0 heterocycles. The van der Waals surface area contributed by atoms with Crippen LogP contribution in [-0.4, -0.2) is 24.2 Å². The van der Waals surface area contributed by atoms with E-state index >= 15 is 0 Å². The number of fused-ring (bicyclic) bond motifs is 2. The van der Waals surface area contributed by atoms with E-state index in [1.54, 1.807) is 12.2 Å². The van der Waals surface area contributed by atoms with Crippen LogP contribution in [0.15, 0.2) is 22.1 Å². The Balaban J connectivity index is 2.24. The van der Waals surface area contributed by atoms with E-state index in [0.717, 1.165) is 44.9 Å². The van der Waals surface area contributed by atoms with Gasteiger partial charge in [0.05, 0.1) is 12.1 Å². The molecule has 0 spiro atoms. The third kappa shape index (κ3) is 4.07. The molecule has 6 unspecified atom stereocenters. The fourth-order valence-electron chi connectivity index (χ4n) is 4.63. The molecule has 2 bridgehead atoms. The lowest BCUT2D eigenvalue weighted by atomic mass is 9.72. The molecule has 0 amide bonds. The van der Waals surface area contributed by atoms with Crippen LogP contribution in [0.4, 0.5) is 0 Å². The van der Waals surface area contributed by atoms with Gasteiger partial charge in [-0.2, -0.15) is 0 Å². The highest BCUT2D eigenvalue weighted by atomic mass is 16.1. The Morgan fingerprint density at radius 2 is 1.35 bits per heavy atom. The molecule has 0 aromatic carbocycles. The Bertz CT molecular complexity index is 459. The average Bonchev–Trinajstić information content (AvgIpc) is 3.16. The number of hydrogen-bond acceptors (Lipinski definition) is 4. The van der Waals surface area contributed by atoms with Crippen molar-refractivity contribution in [2.75, 3.05) is 0 Å². The average molecular weight is 316 g/mol. The summed E-state index contributed by atoms with van der Waals surface area (Å²) in [5.41, 5.74) is 0. The number of nitrogens with zero attached hydrogens (tertiary/aromatic N) is 2. The lowest BCUT2D eigenvalue weighted by Gasteiger charge is -2.35. The predicted molar refractivity (Wildman–Crippen MR) is 90.6 cm³/mol. The molecule has 2 aliphatic rings. The van der Waals surface area contributed by atoms with Gasteiger partial charge < -0.3 is 0 Å². The van der Waals surface area contributed by atoms with Crippen molar-refractivity contribution in [2.45, 2.75) is 70.9 Å². The Kier molecular flexibility index (Phi) is 6.95. The highest BCUT2D eigenvalue weighted by Gasteiger charge is 2.50. The van der Waals surface area contributed by atoms with E-state index in [0.29, 0.717) is 23.7 Å². The van der Waals surface area contributed by atoms with Crippen LogP contribution in [0.5, 0.6) is 0 Å². The molecule has 0 saturated heterocycles. The number of unbranched alkanes of at least 4 members (excludes halogenated alkanes) is 2. The SMILES string of the molecule is CCCCC(N=C=O)C1C2C=CC(C2)C1C(CCCC)N=C=O. The second kappa shape index (κ2) is 8.96. The molecule has 0 radical (unpaired) electrons. The van der Waals surface area contributed by atoms with Crippen LogP contribution in [0, 0.1) is 23.7 Å². The van der Waals surface area contributed by atoms with Crippen molar-refractivity contribution >= 4 is 12.2 Å². The zero-order valence-electron chi connectivity index (χ0n) is 14.3. The summed E-state index contributed by atoms with van der Waals surface area (Å²) in [6.45, 7) is 4.31. The van der Waals surface area contributed by atoms with Crippen molar-refractivity contribution in [1.82, 2.24) is 0 Å². The molecule has 0 aromatic heterocycles. The lowest BCUT2D eigenvalue weighted by Crippen LogP contribution is -2.36. The molecule has 0 aromatic rings. The summed E-state index contributed by atoms with van der Waals surface area (Å²) in [4.78, 5) is 30.2. The molecule has 0 aliphatic heterocycles. The predicted octanol–water partition coefficient (Wildman–Crippen LogP) is 4.21. The second-order valence-corrected chi connectivity index (χ2v) is 6.96. The first-order valence-electron chi connectivity index (χ1n) is 9.09. The molecule has 4 heteroatoms. The molecule has 4 nitrogen and oxygen atoms in total. The van der Waals surface area contributed by atoms with E-state index in [1.165, 1.54) is 0 Å². The fraction of sp³-hybridized carbons (Fsp3) is 0.789. The largest absolute Gasteiger partial charge is 0.235 e. The van der Waals surface area contributed by atoms with Gasteiger partial charge in [0.25, 0.3) is 0 Å². The normalized spacial score (nSPS) is 30.5. The third-order valence-electron chi connectivity index (χ3n) is 5.62. The molecule has 1 fully saturated rings.